The topological polar surface area (TPSA) is 87.4 Å². The number of non-ortho nitro benzene ring substituents is 1. The van der Waals surface area contributed by atoms with Crippen molar-refractivity contribution in [1.29, 1.82) is 0 Å². The molecule has 3 aromatic rings. The summed E-state index contributed by atoms with van der Waals surface area (Å²) in [5, 5.41) is 11.0. The van der Waals surface area contributed by atoms with E-state index in [0.29, 0.717) is 11.6 Å². The van der Waals surface area contributed by atoms with Gasteiger partial charge in [0.15, 0.2) is 0 Å². The molecule has 1 heterocycles. The van der Waals surface area contributed by atoms with Gasteiger partial charge in [-0.15, -0.1) is 0 Å². The fourth-order valence-electron chi connectivity index (χ4n) is 4.27. The summed E-state index contributed by atoms with van der Waals surface area (Å²) in [6.07, 6.45) is 4.23. The van der Waals surface area contributed by atoms with Crippen molar-refractivity contribution >= 4 is 5.69 Å². The van der Waals surface area contributed by atoms with Crippen LogP contribution >= 0.6 is 0 Å². The van der Waals surface area contributed by atoms with Crippen LogP contribution in [0.3, 0.4) is 0 Å². The van der Waals surface area contributed by atoms with Crippen LogP contribution in [0.5, 0.6) is 11.6 Å². The molecule has 0 radical (unpaired) electrons. The van der Waals surface area contributed by atoms with Crippen molar-refractivity contribution in [1.82, 2.24) is 9.97 Å². The molecule has 7 heteroatoms. The molecule has 0 amide bonds. The number of nitro groups is 1. The summed E-state index contributed by atoms with van der Waals surface area (Å²) in [7, 11) is 3.30. The molecule has 2 aromatic carbocycles. The molecular formula is C25H27N3O4. The van der Waals surface area contributed by atoms with E-state index in [-0.39, 0.29) is 27.9 Å². The number of nitro benzene ring substituents is 1. The number of ether oxygens (including phenoxy) is 2. The molecule has 0 N–H and O–H groups in total. The van der Waals surface area contributed by atoms with Crippen LogP contribution in [-0.4, -0.2) is 29.1 Å². The largest absolute Gasteiger partial charge is 0.496 e. The molecule has 1 aromatic heterocycles. The van der Waals surface area contributed by atoms with Gasteiger partial charge in [0.2, 0.25) is 5.88 Å². The Morgan fingerprint density at radius 2 is 1.69 bits per heavy atom. The first-order valence-electron chi connectivity index (χ1n) is 10.6. The Labute approximate surface area is 187 Å². The highest BCUT2D eigenvalue weighted by Crippen LogP contribution is 2.58. The lowest BCUT2D eigenvalue weighted by atomic mass is 9.82. The SMILES string of the molecule is COc1nccnc1-c1cc(C2CC2c2ccc([N+](=O)[O-])cc2)c(OC)c(C(C)(C)C)c1. The second-order valence-electron chi connectivity index (χ2n) is 9.11. The Morgan fingerprint density at radius 1 is 1.00 bits per heavy atom. The van der Waals surface area contributed by atoms with Crippen molar-refractivity contribution in [2.45, 2.75) is 44.4 Å². The van der Waals surface area contributed by atoms with E-state index >= 15 is 0 Å². The third-order valence-corrected chi connectivity index (χ3v) is 5.98. The zero-order valence-electron chi connectivity index (χ0n) is 19.0. The average Bonchev–Trinajstić information content (AvgIpc) is 3.58. The molecule has 166 valence electrons. The first kappa shape index (κ1) is 21.7. The maximum atomic E-state index is 11.0. The standard InChI is InChI=1S/C25H27N3O4/c1-25(2,3)21-13-16(22-24(32-5)27-11-10-26-22)12-20(23(21)31-4)19-14-18(19)15-6-8-17(9-7-15)28(29)30/h6-13,18-19H,14H2,1-5H3. The van der Waals surface area contributed by atoms with E-state index < -0.39 is 0 Å². The Bertz CT molecular complexity index is 1150. The van der Waals surface area contributed by atoms with Crippen LogP contribution in [0.1, 0.15) is 55.7 Å². The summed E-state index contributed by atoms with van der Waals surface area (Å²) in [6.45, 7) is 6.48. The number of hydrogen-bond donors (Lipinski definition) is 0. The predicted molar refractivity (Wildman–Crippen MR) is 122 cm³/mol. The molecule has 2 unspecified atom stereocenters. The number of methoxy groups -OCH3 is 2. The number of hydrogen-bond acceptors (Lipinski definition) is 6. The molecule has 1 saturated carbocycles. The van der Waals surface area contributed by atoms with Crippen molar-refractivity contribution in [3.05, 3.63) is 75.6 Å². The number of benzene rings is 2. The highest BCUT2D eigenvalue weighted by molar-refractivity contribution is 5.70. The van der Waals surface area contributed by atoms with Crippen LogP contribution in [0.25, 0.3) is 11.3 Å². The lowest BCUT2D eigenvalue weighted by Crippen LogP contribution is -2.14. The Balaban J connectivity index is 1.80. The zero-order valence-corrected chi connectivity index (χ0v) is 19.0. The second kappa shape index (κ2) is 8.22. The predicted octanol–water partition coefficient (Wildman–Crippen LogP) is 5.64. The van der Waals surface area contributed by atoms with E-state index in [2.05, 4.69) is 42.9 Å². The number of aromatic nitrogens is 2. The first-order chi connectivity index (χ1) is 15.2. The van der Waals surface area contributed by atoms with Crippen molar-refractivity contribution < 1.29 is 14.4 Å². The van der Waals surface area contributed by atoms with Crippen LogP contribution in [-0.2, 0) is 5.41 Å². The van der Waals surface area contributed by atoms with Gasteiger partial charge in [-0.25, -0.2) is 9.97 Å². The summed E-state index contributed by atoms with van der Waals surface area (Å²) in [5.41, 5.74) is 4.89. The Morgan fingerprint density at radius 3 is 2.28 bits per heavy atom. The van der Waals surface area contributed by atoms with Crippen LogP contribution in [0.15, 0.2) is 48.8 Å². The van der Waals surface area contributed by atoms with Crippen molar-refractivity contribution in [3.63, 3.8) is 0 Å². The summed E-state index contributed by atoms with van der Waals surface area (Å²) in [6, 6.07) is 11.1. The van der Waals surface area contributed by atoms with Crippen molar-refractivity contribution in [2.75, 3.05) is 14.2 Å². The van der Waals surface area contributed by atoms with Crippen molar-refractivity contribution in [2.24, 2.45) is 0 Å². The average molecular weight is 434 g/mol. The summed E-state index contributed by atoms with van der Waals surface area (Å²) in [5.74, 6) is 1.91. The molecule has 32 heavy (non-hydrogen) atoms. The molecule has 4 rings (SSSR count). The normalized spacial score (nSPS) is 17.7. The van der Waals surface area contributed by atoms with E-state index in [0.717, 1.165) is 34.4 Å². The van der Waals surface area contributed by atoms with Gasteiger partial charge < -0.3 is 9.47 Å². The van der Waals surface area contributed by atoms with Gasteiger partial charge in [-0.1, -0.05) is 32.9 Å². The van der Waals surface area contributed by atoms with E-state index in [1.165, 1.54) is 0 Å². The lowest BCUT2D eigenvalue weighted by Gasteiger charge is -2.25. The zero-order chi connectivity index (χ0) is 23.0. The minimum Gasteiger partial charge on any atom is -0.496 e. The van der Waals surface area contributed by atoms with Gasteiger partial charge in [0.05, 0.1) is 19.1 Å². The molecule has 0 saturated heterocycles. The molecule has 0 bridgehead atoms. The van der Waals surface area contributed by atoms with Gasteiger partial charge in [-0.3, -0.25) is 10.1 Å². The molecule has 1 aliphatic carbocycles. The molecule has 1 fully saturated rings. The van der Waals surface area contributed by atoms with Gasteiger partial charge in [0, 0.05) is 35.7 Å². The molecular weight excluding hydrogens is 406 g/mol. The van der Waals surface area contributed by atoms with Gasteiger partial charge in [0.25, 0.3) is 5.69 Å². The van der Waals surface area contributed by atoms with Gasteiger partial charge in [0.1, 0.15) is 11.4 Å². The number of rotatable bonds is 6. The maximum Gasteiger partial charge on any atom is 0.269 e. The van der Waals surface area contributed by atoms with E-state index in [4.69, 9.17) is 9.47 Å². The fraction of sp³-hybridized carbons (Fsp3) is 0.360. The molecule has 0 aliphatic heterocycles. The quantitative estimate of drug-likeness (QED) is 0.369. The lowest BCUT2D eigenvalue weighted by molar-refractivity contribution is -0.384. The fourth-order valence-corrected chi connectivity index (χ4v) is 4.27. The van der Waals surface area contributed by atoms with Crippen LogP contribution in [0.2, 0.25) is 0 Å². The Hall–Kier alpha value is -3.48. The van der Waals surface area contributed by atoms with Gasteiger partial charge >= 0.3 is 0 Å². The summed E-state index contributed by atoms with van der Waals surface area (Å²) >= 11 is 0. The van der Waals surface area contributed by atoms with Gasteiger partial charge in [-0.05, 0) is 46.9 Å². The highest BCUT2D eigenvalue weighted by atomic mass is 16.6. The van der Waals surface area contributed by atoms with Gasteiger partial charge in [-0.2, -0.15) is 0 Å². The van der Waals surface area contributed by atoms with Crippen LogP contribution in [0.4, 0.5) is 5.69 Å². The first-order valence-corrected chi connectivity index (χ1v) is 10.6. The van der Waals surface area contributed by atoms with Crippen molar-refractivity contribution in [3.8, 4) is 22.9 Å². The monoisotopic (exact) mass is 433 g/mol. The third-order valence-electron chi connectivity index (χ3n) is 5.98. The second-order valence-corrected chi connectivity index (χ2v) is 9.11. The Kier molecular flexibility index (Phi) is 5.59. The van der Waals surface area contributed by atoms with Crippen LogP contribution < -0.4 is 9.47 Å². The molecule has 1 aliphatic rings. The third kappa shape index (κ3) is 4.02. The van der Waals surface area contributed by atoms with E-state index in [1.807, 2.05) is 12.1 Å². The smallest absolute Gasteiger partial charge is 0.269 e. The summed E-state index contributed by atoms with van der Waals surface area (Å²) in [4.78, 5) is 19.5. The summed E-state index contributed by atoms with van der Waals surface area (Å²) < 4.78 is 11.4. The molecule has 7 nitrogen and oxygen atoms in total. The highest BCUT2D eigenvalue weighted by Gasteiger charge is 2.42. The van der Waals surface area contributed by atoms with Crippen LogP contribution in [0, 0.1) is 10.1 Å². The molecule has 0 spiro atoms. The van der Waals surface area contributed by atoms with E-state index in [9.17, 15) is 10.1 Å². The maximum absolute atomic E-state index is 11.0. The number of nitrogens with zero attached hydrogens (tertiary/aromatic N) is 3. The minimum absolute atomic E-state index is 0.107. The van der Waals surface area contributed by atoms with E-state index in [1.54, 1.807) is 38.7 Å². The molecule has 2 atom stereocenters. The minimum atomic E-state index is -0.370.